The third-order valence-electron chi connectivity index (χ3n) is 4.37. The zero-order valence-electron chi connectivity index (χ0n) is 11.0. The minimum absolute atomic E-state index is 0.174. The van der Waals surface area contributed by atoms with Gasteiger partial charge in [-0.15, -0.1) is 0 Å². The molecule has 2 aliphatic rings. The van der Waals surface area contributed by atoms with Gasteiger partial charge in [-0.2, -0.15) is 5.10 Å². The Labute approximate surface area is 104 Å². The zero-order chi connectivity index (χ0) is 11.9. The van der Waals surface area contributed by atoms with Gasteiger partial charge in [-0.1, -0.05) is 19.3 Å². The topological polar surface area (TPSA) is 29.9 Å². The third kappa shape index (κ3) is 1.96. The van der Waals surface area contributed by atoms with Crippen molar-refractivity contribution < 1.29 is 0 Å². The summed E-state index contributed by atoms with van der Waals surface area (Å²) in [6, 6.07) is 2.29. The highest BCUT2D eigenvalue weighted by molar-refractivity contribution is 5.41. The van der Waals surface area contributed by atoms with E-state index in [0.29, 0.717) is 5.92 Å². The second-order valence-electron chi connectivity index (χ2n) is 6.19. The lowest BCUT2D eigenvalue weighted by Gasteiger charge is -2.32. The van der Waals surface area contributed by atoms with E-state index >= 15 is 0 Å². The van der Waals surface area contributed by atoms with Crippen LogP contribution in [0.1, 0.15) is 64.0 Å². The van der Waals surface area contributed by atoms with Crippen molar-refractivity contribution in [3.05, 3.63) is 11.8 Å². The molecule has 0 saturated heterocycles. The van der Waals surface area contributed by atoms with Gasteiger partial charge in [0.25, 0.3) is 0 Å². The third-order valence-corrected chi connectivity index (χ3v) is 4.37. The molecule has 0 atom stereocenters. The minimum atomic E-state index is 0.174. The largest absolute Gasteiger partial charge is 0.370 e. The monoisotopic (exact) mass is 233 g/mol. The van der Waals surface area contributed by atoms with E-state index in [1.807, 2.05) is 0 Å². The van der Waals surface area contributed by atoms with E-state index in [9.17, 15) is 0 Å². The number of rotatable bonds is 1. The van der Waals surface area contributed by atoms with E-state index in [4.69, 9.17) is 5.10 Å². The summed E-state index contributed by atoms with van der Waals surface area (Å²) in [7, 11) is 0. The normalized spacial score (nSPS) is 24.1. The van der Waals surface area contributed by atoms with Crippen molar-refractivity contribution >= 4 is 5.82 Å². The fourth-order valence-corrected chi connectivity index (χ4v) is 3.19. The number of hydrogen-bond donors (Lipinski definition) is 1. The van der Waals surface area contributed by atoms with Gasteiger partial charge in [0.2, 0.25) is 0 Å². The molecule has 3 nitrogen and oxygen atoms in total. The maximum atomic E-state index is 4.88. The Morgan fingerprint density at radius 2 is 2.06 bits per heavy atom. The first-order valence-electron chi connectivity index (χ1n) is 7.01. The van der Waals surface area contributed by atoms with Gasteiger partial charge in [0.05, 0.1) is 11.2 Å². The Morgan fingerprint density at radius 3 is 2.76 bits per heavy atom. The summed E-state index contributed by atoms with van der Waals surface area (Å²) in [6.45, 7) is 5.65. The van der Waals surface area contributed by atoms with Crippen LogP contribution >= 0.6 is 0 Å². The van der Waals surface area contributed by atoms with Crippen LogP contribution in [0.2, 0.25) is 0 Å². The molecule has 1 aromatic rings. The number of nitrogens with one attached hydrogen (secondary N) is 1. The first-order chi connectivity index (χ1) is 8.17. The maximum absolute atomic E-state index is 4.88. The van der Waals surface area contributed by atoms with Gasteiger partial charge in [0, 0.05) is 18.5 Å². The second-order valence-corrected chi connectivity index (χ2v) is 6.19. The Hall–Kier alpha value is -0.990. The molecule has 3 heteroatoms. The molecule has 0 amide bonds. The molecular formula is C14H23N3. The summed E-state index contributed by atoms with van der Waals surface area (Å²) in [6.07, 6.45) is 7.99. The van der Waals surface area contributed by atoms with Crippen LogP contribution in [-0.2, 0) is 5.54 Å². The fraction of sp³-hybridized carbons (Fsp3) is 0.786. The van der Waals surface area contributed by atoms with E-state index < -0.39 is 0 Å². The molecule has 1 aliphatic heterocycles. The molecule has 94 valence electrons. The fourth-order valence-electron chi connectivity index (χ4n) is 3.19. The zero-order valence-corrected chi connectivity index (χ0v) is 11.0. The lowest BCUT2D eigenvalue weighted by molar-refractivity contribution is 0.288. The van der Waals surface area contributed by atoms with Crippen LogP contribution in [0.3, 0.4) is 0 Å². The maximum Gasteiger partial charge on any atom is 0.125 e. The van der Waals surface area contributed by atoms with Gasteiger partial charge in [-0.05, 0) is 33.1 Å². The molecule has 0 spiro atoms. The smallest absolute Gasteiger partial charge is 0.125 e. The van der Waals surface area contributed by atoms with Gasteiger partial charge in [-0.3, -0.25) is 0 Å². The molecule has 0 aromatic carbocycles. The molecule has 0 unspecified atom stereocenters. The minimum Gasteiger partial charge on any atom is -0.370 e. The number of anilines is 1. The van der Waals surface area contributed by atoms with Crippen LogP contribution in [0.15, 0.2) is 6.07 Å². The quantitative estimate of drug-likeness (QED) is 0.804. The van der Waals surface area contributed by atoms with Gasteiger partial charge in [0.15, 0.2) is 0 Å². The lowest BCUT2D eigenvalue weighted by Crippen LogP contribution is -2.35. The van der Waals surface area contributed by atoms with E-state index in [1.54, 1.807) is 0 Å². The molecule has 1 saturated carbocycles. The summed E-state index contributed by atoms with van der Waals surface area (Å²) in [4.78, 5) is 0. The Balaban J connectivity index is 1.90. The molecule has 3 rings (SSSR count). The van der Waals surface area contributed by atoms with Crippen molar-refractivity contribution in [2.24, 2.45) is 0 Å². The first-order valence-corrected chi connectivity index (χ1v) is 7.01. The Kier molecular flexibility index (Phi) is 2.64. The first kappa shape index (κ1) is 11.1. The SMILES string of the molecule is CC1(C)CCNc2cc(C3CCCCC3)nn21. The molecule has 17 heavy (non-hydrogen) atoms. The average Bonchev–Trinajstić information content (AvgIpc) is 2.75. The average molecular weight is 233 g/mol. The van der Waals surface area contributed by atoms with E-state index in [2.05, 4.69) is 29.9 Å². The predicted molar refractivity (Wildman–Crippen MR) is 70.5 cm³/mol. The molecule has 0 radical (unpaired) electrons. The molecule has 1 N–H and O–H groups in total. The summed E-state index contributed by atoms with van der Waals surface area (Å²) in [5.41, 5.74) is 1.50. The van der Waals surface area contributed by atoms with Crippen molar-refractivity contribution in [1.29, 1.82) is 0 Å². The molecule has 1 aromatic heterocycles. The molecule has 1 fully saturated rings. The number of nitrogens with zero attached hydrogens (tertiary/aromatic N) is 2. The van der Waals surface area contributed by atoms with Crippen LogP contribution < -0.4 is 5.32 Å². The Morgan fingerprint density at radius 1 is 1.29 bits per heavy atom. The predicted octanol–water partition coefficient (Wildman–Crippen LogP) is 3.48. The van der Waals surface area contributed by atoms with Crippen molar-refractivity contribution in [2.75, 3.05) is 11.9 Å². The van der Waals surface area contributed by atoms with Crippen molar-refractivity contribution in [3.63, 3.8) is 0 Å². The van der Waals surface area contributed by atoms with Crippen molar-refractivity contribution in [2.45, 2.75) is 63.8 Å². The summed E-state index contributed by atoms with van der Waals surface area (Å²) in [5.74, 6) is 1.93. The van der Waals surface area contributed by atoms with Crippen LogP contribution in [0, 0.1) is 0 Å². The van der Waals surface area contributed by atoms with Crippen LogP contribution in [-0.4, -0.2) is 16.3 Å². The van der Waals surface area contributed by atoms with E-state index in [1.165, 1.54) is 43.6 Å². The summed E-state index contributed by atoms with van der Waals surface area (Å²) < 4.78 is 2.21. The highest BCUT2D eigenvalue weighted by Gasteiger charge is 2.30. The second kappa shape index (κ2) is 4.04. The lowest BCUT2D eigenvalue weighted by atomic mass is 9.87. The highest BCUT2D eigenvalue weighted by Crippen LogP contribution is 2.36. The number of fused-ring (bicyclic) bond motifs is 1. The highest BCUT2D eigenvalue weighted by atomic mass is 15.4. The standard InChI is InChI=1S/C14H23N3/c1-14(2)8-9-15-13-10-12(16-17(13)14)11-6-4-3-5-7-11/h10-11,15H,3-9H2,1-2H3. The van der Waals surface area contributed by atoms with Crippen molar-refractivity contribution in [3.8, 4) is 0 Å². The van der Waals surface area contributed by atoms with Gasteiger partial charge in [-0.25, -0.2) is 4.68 Å². The molecule has 2 heterocycles. The van der Waals surface area contributed by atoms with Gasteiger partial charge >= 0.3 is 0 Å². The van der Waals surface area contributed by atoms with Crippen molar-refractivity contribution in [1.82, 2.24) is 9.78 Å². The van der Waals surface area contributed by atoms with E-state index in [-0.39, 0.29) is 5.54 Å². The van der Waals surface area contributed by atoms with Gasteiger partial charge < -0.3 is 5.32 Å². The summed E-state index contributed by atoms with van der Waals surface area (Å²) >= 11 is 0. The number of aromatic nitrogens is 2. The van der Waals surface area contributed by atoms with Crippen LogP contribution in [0.25, 0.3) is 0 Å². The van der Waals surface area contributed by atoms with E-state index in [0.717, 1.165) is 13.0 Å². The van der Waals surface area contributed by atoms with Crippen LogP contribution in [0.4, 0.5) is 5.82 Å². The molecule has 0 bridgehead atoms. The van der Waals surface area contributed by atoms with Crippen LogP contribution in [0.5, 0.6) is 0 Å². The molecule has 1 aliphatic carbocycles. The van der Waals surface area contributed by atoms with Gasteiger partial charge in [0.1, 0.15) is 5.82 Å². The Bertz CT molecular complexity index is 400. The number of hydrogen-bond acceptors (Lipinski definition) is 2. The summed E-state index contributed by atoms with van der Waals surface area (Å²) in [5, 5.41) is 8.36. The molecular weight excluding hydrogens is 210 g/mol.